The zero-order valence-corrected chi connectivity index (χ0v) is 27.6. The number of likely N-dealkylation sites (tertiary alicyclic amines) is 1. The fraction of sp³-hybridized carbons (Fsp3) is 0.412. The van der Waals surface area contributed by atoms with E-state index in [1.807, 2.05) is 24.3 Å². The first-order valence-corrected chi connectivity index (χ1v) is 17.5. The molecule has 0 spiro atoms. The molecule has 2 amide bonds. The van der Waals surface area contributed by atoms with E-state index in [-0.39, 0.29) is 23.4 Å². The molecule has 15 heteroatoms. The van der Waals surface area contributed by atoms with Crippen LogP contribution in [0.25, 0.3) is 0 Å². The van der Waals surface area contributed by atoms with Gasteiger partial charge in [0.1, 0.15) is 5.82 Å². The topological polar surface area (TPSA) is 137 Å². The van der Waals surface area contributed by atoms with Gasteiger partial charge < -0.3 is 30.1 Å². The van der Waals surface area contributed by atoms with E-state index in [0.29, 0.717) is 30.0 Å². The summed E-state index contributed by atoms with van der Waals surface area (Å²) in [6.07, 6.45) is 0.281. The first kappa shape index (κ1) is 36.5. The van der Waals surface area contributed by atoms with Crippen molar-refractivity contribution in [2.45, 2.75) is 70.3 Å². The Balaban J connectivity index is 1.42. The highest BCUT2D eigenvalue weighted by Crippen LogP contribution is 2.40. The van der Waals surface area contributed by atoms with Crippen molar-refractivity contribution in [1.29, 1.82) is 0 Å². The number of piperidine rings is 1. The molecule has 3 aromatic carbocycles. The normalized spacial score (nSPS) is 18.8. The summed E-state index contributed by atoms with van der Waals surface area (Å²) in [4.78, 5) is 46.9. The Kier molecular flexibility index (Phi) is 11.5. The second kappa shape index (κ2) is 15.4. The average Bonchev–Trinajstić information content (AvgIpc) is 3.55. The first-order valence-electron chi connectivity index (χ1n) is 15.9. The van der Waals surface area contributed by atoms with Gasteiger partial charge in [-0.1, -0.05) is 43.2 Å². The van der Waals surface area contributed by atoms with Crippen molar-refractivity contribution in [2.75, 3.05) is 24.0 Å². The second-order valence-electron chi connectivity index (χ2n) is 12.3. The third kappa shape index (κ3) is 9.25. The molecule has 2 atom stereocenters. The summed E-state index contributed by atoms with van der Waals surface area (Å²) in [6, 6.07) is 14.3. The van der Waals surface area contributed by atoms with Crippen LogP contribution in [-0.4, -0.2) is 45.9 Å². The van der Waals surface area contributed by atoms with Gasteiger partial charge in [0.25, 0.3) is 5.91 Å². The van der Waals surface area contributed by atoms with E-state index in [1.165, 1.54) is 23.1 Å². The molecule has 10 nitrogen and oxygen atoms in total. The Morgan fingerprint density at radius 2 is 1.67 bits per heavy atom. The highest BCUT2D eigenvalue weighted by Gasteiger charge is 2.41. The smallest absolute Gasteiger partial charge is 0.382 e. The molecule has 49 heavy (non-hydrogen) atoms. The van der Waals surface area contributed by atoms with Crippen LogP contribution in [0.1, 0.15) is 77.2 Å². The highest BCUT2D eigenvalue weighted by atomic mass is 31.2. The van der Waals surface area contributed by atoms with E-state index in [0.717, 1.165) is 43.5 Å². The average molecular weight is 708 g/mol. The van der Waals surface area contributed by atoms with Crippen molar-refractivity contribution in [3.63, 3.8) is 0 Å². The lowest BCUT2D eigenvalue weighted by Gasteiger charge is -2.41. The largest absolute Gasteiger partial charge is 0.471 e. The van der Waals surface area contributed by atoms with Crippen LogP contribution in [0.15, 0.2) is 60.7 Å². The summed E-state index contributed by atoms with van der Waals surface area (Å²) < 4.78 is 76.9. The van der Waals surface area contributed by atoms with Gasteiger partial charge in [0.15, 0.2) is 6.79 Å². The Hall–Kier alpha value is -3.81. The Morgan fingerprint density at radius 3 is 2.33 bits per heavy atom. The summed E-state index contributed by atoms with van der Waals surface area (Å²) in [5.41, 5.74) is 0.205. The lowest BCUT2D eigenvalue weighted by molar-refractivity contribution is -0.139. The van der Waals surface area contributed by atoms with Gasteiger partial charge in [-0.3, -0.25) is 14.1 Å². The van der Waals surface area contributed by atoms with Gasteiger partial charge in [-0.05, 0) is 79.6 Å². The summed E-state index contributed by atoms with van der Waals surface area (Å²) in [5.74, 6) is -2.78. The van der Waals surface area contributed by atoms with Crippen molar-refractivity contribution < 1.29 is 50.8 Å². The number of ether oxygens (including phenoxy) is 1. The van der Waals surface area contributed by atoms with E-state index in [1.54, 1.807) is 13.0 Å². The van der Waals surface area contributed by atoms with Gasteiger partial charge in [-0.15, -0.1) is 0 Å². The zero-order valence-electron chi connectivity index (χ0n) is 26.7. The van der Waals surface area contributed by atoms with Crippen LogP contribution in [0.4, 0.5) is 28.9 Å². The van der Waals surface area contributed by atoms with Gasteiger partial charge in [0.05, 0.1) is 29.7 Å². The predicted molar refractivity (Wildman–Crippen MR) is 173 cm³/mol. The third-order valence-corrected chi connectivity index (χ3v) is 9.33. The number of anilines is 2. The summed E-state index contributed by atoms with van der Waals surface area (Å²) in [7, 11) is -4.88. The molecular weight excluding hydrogens is 669 g/mol. The molecule has 1 aliphatic carbocycles. The van der Waals surface area contributed by atoms with Crippen LogP contribution >= 0.6 is 7.82 Å². The summed E-state index contributed by atoms with van der Waals surface area (Å²) in [6.45, 7) is 0.247. The lowest BCUT2D eigenvalue weighted by Crippen LogP contribution is -2.46. The fourth-order valence-electron chi connectivity index (χ4n) is 6.58. The number of phosphoric acid groups is 1. The quantitative estimate of drug-likeness (QED) is 0.0705. The van der Waals surface area contributed by atoms with Gasteiger partial charge >= 0.3 is 14.0 Å². The van der Waals surface area contributed by atoms with Crippen LogP contribution < -0.4 is 10.6 Å². The molecule has 1 heterocycles. The molecule has 0 aromatic heterocycles. The van der Waals surface area contributed by atoms with Gasteiger partial charge in [-0.25, -0.2) is 8.96 Å². The van der Waals surface area contributed by atoms with Crippen molar-refractivity contribution in [1.82, 2.24) is 4.90 Å². The minimum Gasteiger partial charge on any atom is -0.382 e. The number of hydrogen-bond donors (Lipinski definition) is 4. The number of halogens is 4. The number of alkyl halides is 3. The van der Waals surface area contributed by atoms with Crippen molar-refractivity contribution in [2.24, 2.45) is 5.92 Å². The predicted octanol–water partition coefficient (Wildman–Crippen LogP) is 7.32. The minimum absolute atomic E-state index is 0.105. The lowest BCUT2D eigenvalue weighted by atomic mass is 9.83. The molecule has 1 aliphatic heterocycles. The molecule has 5 rings (SSSR count). The number of phosphoric ester groups is 1. The zero-order chi connectivity index (χ0) is 35.3. The summed E-state index contributed by atoms with van der Waals surface area (Å²) >= 11 is 0. The number of nitrogens with zero attached hydrogens (tertiary/aromatic N) is 1. The second-order valence-corrected chi connectivity index (χ2v) is 13.6. The molecule has 2 aliphatic rings. The van der Waals surface area contributed by atoms with Crippen molar-refractivity contribution in [3.8, 4) is 0 Å². The van der Waals surface area contributed by atoms with Gasteiger partial charge in [0.2, 0.25) is 5.91 Å². The number of carbonyl (C=O) groups excluding carboxylic acids is 2. The molecule has 4 N–H and O–H groups in total. The van der Waals surface area contributed by atoms with E-state index >= 15 is 4.39 Å². The number of carbonyl (C=O) groups is 2. The van der Waals surface area contributed by atoms with E-state index in [4.69, 9.17) is 14.5 Å². The monoisotopic (exact) mass is 707 g/mol. The van der Waals surface area contributed by atoms with Gasteiger partial charge in [0, 0.05) is 24.0 Å². The fourth-order valence-corrected chi connectivity index (χ4v) is 6.79. The minimum atomic E-state index is -4.88. The molecule has 0 radical (unpaired) electrons. The van der Waals surface area contributed by atoms with Crippen LogP contribution in [0, 0.1) is 18.7 Å². The molecule has 2 fully saturated rings. The molecular formula is C34H38F4N3O7P. The summed E-state index contributed by atoms with van der Waals surface area (Å²) in [5, 5.41) is 6.09. The van der Waals surface area contributed by atoms with Crippen LogP contribution in [-0.2, 0) is 31.4 Å². The van der Waals surface area contributed by atoms with Gasteiger partial charge in [-0.2, -0.15) is 13.2 Å². The molecule has 0 bridgehead atoms. The Labute approximate surface area is 281 Å². The van der Waals surface area contributed by atoms with Crippen molar-refractivity contribution >= 4 is 31.0 Å². The molecule has 0 unspecified atom stereocenters. The van der Waals surface area contributed by atoms with E-state index < -0.39 is 62.6 Å². The van der Waals surface area contributed by atoms with E-state index in [9.17, 15) is 27.3 Å². The highest BCUT2D eigenvalue weighted by molar-refractivity contribution is 7.46. The SMILES string of the molecule is Cc1cccc(F)c1C(=O)N1CCC[C@H](C(=O)Nc2ccc(COCOP(=O)(O)O)c(C(F)(F)F)c2)[C@@H]1c1ccc(NC2CCCC2)cc1. The number of aryl methyl sites for hydroxylation is 1. The number of nitrogens with one attached hydrogen (secondary N) is 2. The van der Waals surface area contributed by atoms with Crippen LogP contribution in [0.5, 0.6) is 0 Å². The number of rotatable bonds is 11. The molecule has 264 valence electrons. The van der Waals surface area contributed by atoms with Crippen molar-refractivity contribution in [3.05, 3.63) is 94.3 Å². The third-order valence-electron chi connectivity index (χ3n) is 8.89. The standard InChI is InChI=1S/C34H38F4N3O7P/c1-21-6-4-10-29(35)30(21)33(43)41-17-5-9-27(31(41)22-11-14-25(15-12-22)39-24-7-2-3-8-24)32(42)40-26-16-13-23(28(18-26)34(36,37)38)19-47-20-48-49(44,45)46/h4,6,10-16,18,24,27,31,39H,2-3,5,7-9,17,19-20H2,1H3,(H,40,42)(H2,44,45,46)/t27-,31-/m0/s1. The molecule has 3 aromatic rings. The number of hydrogen-bond acceptors (Lipinski definition) is 6. The maximum atomic E-state index is 15.0. The molecule has 1 saturated heterocycles. The van der Waals surface area contributed by atoms with Crippen LogP contribution in [0.3, 0.4) is 0 Å². The number of benzene rings is 3. The first-order chi connectivity index (χ1) is 23.2. The molecule has 1 saturated carbocycles. The Bertz CT molecular complexity index is 1670. The van der Waals surface area contributed by atoms with E-state index in [2.05, 4.69) is 15.2 Å². The maximum Gasteiger partial charge on any atom is 0.471 e. The Morgan fingerprint density at radius 1 is 0.980 bits per heavy atom. The number of amides is 2. The van der Waals surface area contributed by atoms with Crippen LogP contribution in [0.2, 0.25) is 0 Å². The maximum absolute atomic E-state index is 15.0.